The summed E-state index contributed by atoms with van der Waals surface area (Å²) in [5, 5.41) is 2.48. The van der Waals surface area contributed by atoms with Crippen molar-refractivity contribution >= 4 is 17.7 Å². The number of ether oxygens (including phenoxy) is 1. The molecule has 1 aliphatic rings. The van der Waals surface area contributed by atoms with Crippen molar-refractivity contribution in [2.45, 2.75) is 33.1 Å². The van der Waals surface area contributed by atoms with Crippen LogP contribution >= 0.6 is 0 Å². The van der Waals surface area contributed by atoms with Gasteiger partial charge in [0.1, 0.15) is 11.6 Å². The van der Waals surface area contributed by atoms with Gasteiger partial charge in [-0.05, 0) is 56.4 Å². The number of esters is 1. The van der Waals surface area contributed by atoms with Gasteiger partial charge < -0.3 is 15.0 Å². The van der Waals surface area contributed by atoms with Crippen molar-refractivity contribution in [3.63, 3.8) is 0 Å². The molecule has 1 N–H and O–H groups in total. The Kier molecular flexibility index (Phi) is 6.70. The van der Waals surface area contributed by atoms with Gasteiger partial charge in [0.2, 0.25) is 0 Å². The Morgan fingerprint density at radius 1 is 1.20 bits per heavy atom. The minimum Gasteiger partial charge on any atom is -0.466 e. The maximum absolute atomic E-state index is 13.9. The van der Waals surface area contributed by atoms with Gasteiger partial charge in [0, 0.05) is 19.2 Å². The Bertz CT molecular complexity index is 934. The molecule has 0 aromatic heterocycles. The highest BCUT2D eigenvalue weighted by Crippen LogP contribution is 2.36. The summed E-state index contributed by atoms with van der Waals surface area (Å²) in [6, 6.07) is 10.3. The average Bonchev–Trinajstić information content (AvgIpc) is 2.72. The molecule has 0 bridgehead atoms. The summed E-state index contributed by atoms with van der Waals surface area (Å²) in [4.78, 5) is 27.3. The lowest BCUT2D eigenvalue weighted by Gasteiger charge is -2.41. The number of halogens is 2. The van der Waals surface area contributed by atoms with E-state index < -0.39 is 23.1 Å². The maximum atomic E-state index is 13.9. The second-order valence-corrected chi connectivity index (χ2v) is 7.68. The Morgan fingerprint density at radius 2 is 1.97 bits per heavy atom. The number of benzene rings is 2. The van der Waals surface area contributed by atoms with Crippen molar-refractivity contribution in [3.8, 4) is 0 Å². The zero-order chi connectivity index (χ0) is 21.7. The molecule has 1 saturated heterocycles. The van der Waals surface area contributed by atoms with Crippen molar-refractivity contribution in [2.24, 2.45) is 5.41 Å². The number of carbonyl (C=O) groups is 2. The molecule has 1 atom stereocenters. The molecule has 3 rings (SSSR count). The van der Waals surface area contributed by atoms with Crippen LogP contribution in [0.2, 0.25) is 0 Å². The van der Waals surface area contributed by atoms with Gasteiger partial charge in [-0.2, -0.15) is 0 Å². The minimum atomic E-state index is -0.876. The molecule has 30 heavy (non-hydrogen) atoms. The van der Waals surface area contributed by atoms with Crippen LogP contribution in [0, 0.1) is 24.0 Å². The van der Waals surface area contributed by atoms with Crippen LogP contribution in [0.1, 0.15) is 30.9 Å². The monoisotopic (exact) mass is 416 g/mol. The summed E-state index contributed by atoms with van der Waals surface area (Å²) in [5.74, 6) is -1.90. The summed E-state index contributed by atoms with van der Waals surface area (Å²) in [6.45, 7) is 4.59. The lowest BCUT2D eigenvalue weighted by atomic mass is 9.74. The number of urea groups is 1. The van der Waals surface area contributed by atoms with Crippen molar-refractivity contribution in [1.82, 2.24) is 4.90 Å². The number of aryl methyl sites for hydroxylation is 1. The summed E-state index contributed by atoms with van der Waals surface area (Å²) in [6.07, 6.45) is 1.66. The van der Waals surface area contributed by atoms with E-state index in [-0.39, 0.29) is 24.8 Å². The minimum absolute atomic E-state index is 0.104. The van der Waals surface area contributed by atoms with Crippen LogP contribution in [0.15, 0.2) is 42.5 Å². The Hall–Kier alpha value is -2.96. The van der Waals surface area contributed by atoms with Crippen LogP contribution in [0.4, 0.5) is 19.3 Å². The normalized spacial score (nSPS) is 18.7. The van der Waals surface area contributed by atoms with Gasteiger partial charge in [-0.1, -0.05) is 24.3 Å². The molecule has 0 aliphatic carbocycles. The van der Waals surface area contributed by atoms with Gasteiger partial charge in [-0.15, -0.1) is 0 Å². The van der Waals surface area contributed by atoms with Crippen LogP contribution in [-0.2, 0) is 16.0 Å². The third-order valence-corrected chi connectivity index (χ3v) is 5.54. The lowest BCUT2D eigenvalue weighted by molar-refractivity contribution is -0.158. The topological polar surface area (TPSA) is 58.6 Å². The fourth-order valence-corrected chi connectivity index (χ4v) is 3.93. The quantitative estimate of drug-likeness (QED) is 0.720. The van der Waals surface area contributed by atoms with Gasteiger partial charge in [-0.3, -0.25) is 4.79 Å². The van der Waals surface area contributed by atoms with E-state index in [4.69, 9.17) is 4.74 Å². The van der Waals surface area contributed by atoms with Crippen molar-refractivity contribution in [1.29, 1.82) is 0 Å². The van der Waals surface area contributed by atoms with E-state index in [0.29, 0.717) is 31.9 Å². The molecule has 160 valence electrons. The molecular formula is C23H26F2N2O3. The number of hydrogen-bond acceptors (Lipinski definition) is 3. The lowest BCUT2D eigenvalue weighted by Crippen LogP contribution is -2.52. The second-order valence-electron chi connectivity index (χ2n) is 7.68. The third kappa shape index (κ3) is 4.78. The molecule has 2 aromatic rings. The average molecular weight is 416 g/mol. The maximum Gasteiger partial charge on any atom is 0.321 e. The Balaban J connectivity index is 1.83. The van der Waals surface area contributed by atoms with Gasteiger partial charge in [0.25, 0.3) is 0 Å². The molecule has 0 spiro atoms. The molecule has 2 aromatic carbocycles. The molecule has 7 heteroatoms. The number of rotatable bonds is 5. The number of nitrogens with zero attached hydrogens (tertiary/aromatic N) is 1. The molecule has 0 radical (unpaired) electrons. The van der Waals surface area contributed by atoms with E-state index in [1.807, 2.05) is 31.2 Å². The van der Waals surface area contributed by atoms with Gasteiger partial charge in [-0.25, -0.2) is 13.6 Å². The highest BCUT2D eigenvalue weighted by molar-refractivity contribution is 5.90. The van der Waals surface area contributed by atoms with Gasteiger partial charge >= 0.3 is 12.0 Å². The molecular weight excluding hydrogens is 390 g/mol. The summed E-state index contributed by atoms with van der Waals surface area (Å²) in [5.41, 5.74) is 1.11. The highest BCUT2D eigenvalue weighted by Gasteiger charge is 2.45. The number of likely N-dealkylation sites (tertiary alicyclic amines) is 1. The highest BCUT2D eigenvalue weighted by atomic mass is 19.1. The SMILES string of the molecule is CCOC(=O)C1(Cc2ccccc2C)CCCN(C(=O)Nc2ccc(F)cc2F)C1. The number of hydrogen-bond donors (Lipinski definition) is 1. The molecule has 1 aliphatic heterocycles. The Morgan fingerprint density at radius 3 is 2.67 bits per heavy atom. The zero-order valence-electron chi connectivity index (χ0n) is 17.2. The summed E-state index contributed by atoms with van der Waals surface area (Å²) >= 11 is 0. The Labute approximate surface area is 175 Å². The van der Waals surface area contributed by atoms with Crippen LogP contribution in [0.3, 0.4) is 0 Å². The van der Waals surface area contributed by atoms with Crippen LogP contribution < -0.4 is 5.32 Å². The van der Waals surface area contributed by atoms with Gasteiger partial charge in [0.05, 0.1) is 17.7 Å². The molecule has 1 unspecified atom stereocenters. The number of nitrogens with one attached hydrogen (secondary N) is 1. The molecule has 5 nitrogen and oxygen atoms in total. The number of anilines is 1. The van der Waals surface area contributed by atoms with Crippen molar-refractivity contribution in [2.75, 3.05) is 25.0 Å². The van der Waals surface area contributed by atoms with Crippen molar-refractivity contribution < 1.29 is 23.1 Å². The first-order valence-electron chi connectivity index (χ1n) is 10.1. The molecule has 0 saturated carbocycles. The standard InChI is InChI=1S/C23H26F2N2O3/c1-3-30-21(28)23(14-17-8-5-4-7-16(17)2)11-6-12-27(15-23)22(29)26-20-10-9-18(24)13-19(20)25/h4-5,7-10,13H,3,6,11-12,14-15H2,1-2H3,(H,26,29). The summed E-state index contributed by atoms with van der Waals surface area (Å²) < 4.78 is 32.4. The van der Waals surface area contributed by atoms with E-state index in [1.165, 1.54) is 11.0 Å². The molecule has 2 amide bonds. The van der Waals surface area contributed by atoms with Crippen LogP contribution in [-0.4, -0.2) is 36.6 Å². The number of amides is 2. The van der Waals surface area contributed by atoms with Crippen LogP contribution in [0.25, 0.3) is 0 Å². The van der Waals surface area contributed by atoms with E-state index >= 15 is 0 Å². The number of carbonyl (C=O) groups excluding carboxylic acids is 2. The van der Waals surface area contributed by atoms with Crippen LogP contribution in [0.5, 0.6) is 0 Å². The smallest absolute Gasteiger partial charge is 0.321 e. The first kappa shape index (κ1) is 21.7. The van der Waals surface area contributed by atoms with E-state index in [1.54, 1.807) is 6.92 Å². The van der Waals surface area contributed by atoms with E-state index in [0.717, 1.165) is 17.2 Å². The van der Waals surface area contributed by atoms with Gasteiger partial charge in [0.15, 0.2) is 0 Å². The van der Waals surface area contributed by atoms with E-state index in [9.17, 15) is 18.4 Å². The first-order valence-corrected chi connectivity index (χ1v) is 10.1. The second kappa shape index (κ2) is 9.24. The fraction of sp³-hybridized carbons (Fsp3) is 0.391. The predicted molar refractivity (Wildman–Crippen MR) is 110 cm³/mol. The summed E-state index contributed by atoms with van der Waals surface area (Å²) in [7, 11) is 0. The third-order valence-electron chi connectivity index (χ3n) is 5.54. The predicted octanol–water partition coefficient (Wildman–Crippen LogP) is 4.69. The molecule has 1 heterocycles. The first-order chi connectivity index (χ1) is 14.3. The fourth-order valence-electron chi connectivity index (χ4n) is 3.93. The number of piperidine rings is 1. The largest absolute Gasteiger partial charge is 0.466 e. The molecule has 1 fully saturated rings. The zero-order valence-corrected chi connectivity index (χ0v) is 17.2. The van der Waals surface area contributed by atoms with Crippen molar-refractivity contribution in [3.05, 3.63) is 65.2 Å². The van der Waals surface area contributed by atoms with E-state index in [2.05, 4.69) is 5.32 Å².